The summed E-state index contributed by atoms with van der Waals surface area (Å²) in [7, 11) is 0. The topological polar surface area (TPSA) is 87.9 Å². The van der Waals surface area contributed by atoms with Gasteiger partial charge in [0.15, 0.2) is 11.7 Å². The van der Waals surface area contributed by atoms with E-state index < -0.39 is 0 Å². The van der Waals surface area contributed by atoms with Gasteiger partial charge in [-0.25, -0.2) is 9.97 Å². The first kappa shape index (κ1) is 22.1. The van der Waals surface area contributed by atoms with Gasteiger partial charge in [-0.15, -0.1) is 22.7 Å². The fourth-order valence-electron chi connectivity index (χ4n) is 2.76. The molecule has 0 saturated heterocycles. The first-order valence-corrected chi connectivity index (χ1v) is 12.2. The number of nitrogens with one attached hydrogen (secondary N) is 1. The summed E-state index contributed by atoms with van der Waals surface area (Å²) in [5, 5.41) is 17.3. The van der Waals surface area contributed by atoms with Gasteiger partial charge in [0.25, 0.3) is 5.91 Å². The van der Waals surface area contributed by atoms with Crippen LogP contribution in [-0.2, 0) is 4.79 Å². The number of hydrogen-bond donors (Lipinski definition) is 1. The Morgan fingerprint density at radius 2 is 2.00 bits per heavy atom. The second-order valence-corrected chi connectivity index (χ2v) is 9.42. The summed E-state index contributed by atoms with van der Waals surface area (Å²) in [6, 6.07) is 17.6. The summed E-state index contributed by atoms with van der Waals surface area (Å²) >= 11 is 5.01. The number of anilines is 1. The molecule has 0 atom stereocenters. The van der Waals surface area contributed by atoms with Gasteiger partial charge >= 0.3 is 0 Å². The second-order valence-electron chi connectivity index (χ2n) is 6.43. The predicted molar refractivity (Wildman–Crippen MR) is 136 cm³/mol. The number of para-hydroxylation sites is 1. The SMILES string of the molecule is N#CC(=Cc1ccccc1OCC(=O)Nc1nccs1)c1nc(-c2ccc(I)cc2)cs1. The third kappa shape index (κ3) is 5.59. The zero-order chi connectivity index (χ0) is 22.3. The van der Waals surface area contributed by atoms with Crippen LogP contribution in [0.2, 0.25) is 0 Å². The van der Waals surface area contributed by atoms with E-state index >= 15 is 0 Å². The van der Waals surface area contributed by atoms with E-state index in [1.165, 1.54) is 22.7 Å². The minimum atomic E-state index is -0.304. The molecule has 32 heavy (non-hydrogen) atoms. The summed E-state index contributed by atoms with van der Waals surface area (Å²) in [5.74, 6) is 0.199. The molecule has 6 nitrogen and oxygen atoms in total. The van der Waals surface area contributed by atoms with Crippen molar-refractivity contribution in [3.8, 4) is 23.1 Å². The summed E-state index contributed by atoms with van der Waals surface area (Å²) < 4.78 is 6.86. The van der Waals surface area contributed by atoms with Crippen molar-refractivity contribution in [2.24, 2.45) is 0 Å². The van der Waals surface area contributed by atoms with E-state index in [0.717, 1.165) is 14.8 Å². The first-order chi connectivity index (χ1) is 15.6. The van der Waals surface area contributed by atoms with Crippen LogP contribution in [0.25, 0.3) is 22.9 Å². The van der Waals surface area contributed by atoms with E-state index in [-0.39, 0.29) is 12.5 Å². The van der Waals surface area contributed by atoms with Crippen molar-refractivity contribution in [3.63, 3.8) is 0 Å². The molecule has 0 saturated carbocycles. The van der Waals surface area contributed by atoms with Gasteiger partial charge in [-0.1, -0.05) is 30.3 Å². The van der Waals surface area contributed by atoms with Crippen molar-refractivity contribution in [1.82, 2.24) is 9.97 Å². The highest BCUT2D eigenvalue weighted by Gasteiger charge is 2.12. The number of thiazole rings is 2. The number of benzene rings is 2. The molecule has 1 N–H and O–H groups in total. The summed E-state index contributed by atoms with van der Waals surface area (Å²) in [6.07, 6.45) is 3.35. The molecule has 0 radical (unpaired) electrons. The molecule has 0 unspecified atom stereocenters. The van der Waals surface area contributed by atoms with Gasteiger partial charge in [0, 0.05) is 31.7 Å². The zero-order valence-electron chi connectivity index (χ0n) is 16.5. The maximum Gasteiger partial charge on any atom is 0.264 e. The Bertz CT molecular complexity index is 1290. The number of carbonyl (C=O) groups is 1. The maximum atomic E-state index is 12.1. The quantitative estimate of drug-likeness (QED) is 0.219. The van der Waals surface area contributed by atoms with E-state index in [0.29, 0.717) is 27.0 Å². The molecule has 9 heteroatoms. The normalized spacial score (nSPS) is 11.1. The summed E-state index contributed by atoms with van der Waals surface area (Å²) in [4.78, 5) is 20.8. The summed E-state index contributed by atoms with van der Waals surface area (Å²) in [6.45, 7) is -0.166. The Morgan fingerprint density at radius 1 is 1.19 bits per heavy atom. The smallest absolute Gasteiger partial charge is 0.264 e. The highest BCUT2D eigenvalue weighted by atomic mass is 127. The molecule has 2 heterocycles. The van der Waals surface area contributed by atoms with Crippen molar-refractivity contribution in [1.29, 1.82) is 5.26 Å². The molecular formula is C23H15IN4O2S2. The highest BCUT2D eigenvalue weighted by Crippen LogP contribution is 2.29. The molecule has 2 aromatic heterocycles. The van der Waals surface area contributed by atoms with E-state index in [1.807, 2.05) is 47.8 Å². The van der Waals surface area contributed by atoms with Crippen LogP contribution in [-0.4, -0.2) is 22.5 Å². The minimum Gasteiger partial charge on any atom is -0.483 e. The average Bonchev–Trinajstić information content (AvgIpc) is 3.50. The lowest BCUT2D eigenvalue weighted by molar-refractivity contribution is -0.118. The second kappa shape index (κ2) is 10.5. The molecule has 2 aromatic carbocycles. The predicted octanol–water partition coefficient (Wildman–Crippen LogP) is 5.95. The van der Waals surface area contributed by atoms with Gasteiger partial charge in [0.1, 0.15) is 16.8 Å². The lowest BCUT2D eigenvalue weighted by Crippen LogP contribution is -2.20. The monoisotopic (exact) mass is 570 g/mol. The van der Waals surface area contributed by atoms with Crippen molar-refractivity contribution >= 4 is 68.0 Å². The van der Waals surface area contributed by atoms with Crippen LogP contribution in [0, 0.1) is 14.9 Å². The molecule has 158 valence electrons. The van der Waals surface area contributed by atoms with Crippen LogP contribution in [0.3, 0.4) is 0 Å². The number of hydrogen-bond acceptors (Lipinski definition) is 7. The largest absolute Gasteiger partial charge is 0.483 e. The van der Waals surface area contributed by atoms with Crippen LogP contribution in [0.1, 0.15) is 10.6 Å². The lowest BCUT2D eigenvalue weighted by Gasteiger charge is -2.09. The van der Waals surface area contributed by atoms with Gasteiger partial charge in [0.05, 0.1) is 11.3 Å². The Hall–Kier alpha value is -3.07. The molecule has 0 bridgehead atoms. The minimum absolute atomic E-state index is 0.166. The number of amides is 1. The van der Waals surface area contributed by atoms with Gasteiger partial charge in [0.2, 0.25) is 0 Å². The van der Waals surface area contributed by atoms with E-state index in [9.17, 15) is 10.1 Å². The Morgan fingerprint density at radius 3 is 2.75 bits per heavy atom. The first-order valence-electron chi connectivity index (χ1n) is 9.37. The van der Waals surface area contributed by atoms with Crippen molar-refractivity contribution in [2.75, 3.05) is 11.9 Å². The average molecular weight is 570 g/mol. The standard InChI is InChI=1S/C23H15IN4O2S2/c24-18-7-5-15(6-8-18)19-14-32-22(27-19)17(12-25)11-16-3-1-2-4-20(16)30-13-21(29)28-23-26-9-10-31-23/h1-11,14H,13H2,(H,26,28,29). The number of halogens is 1. The molecule has 1 amide bonds. The Kier molecular flexibility index (Phi) is 7.26. The van der Waals surface area contributed by atoms with Crippen molar-refractivity contribution in [3.05, 3.63) is 79.6 Å². The third-order valence-corrected chi connectivity index (χ3v) is 6.53. The van der Waals surface area contributed by atoms with Crippen LogP contribution in [0.4, 0.5) is 5.13 Å². The molecule has 4 aromatic rings. The molecule has 0 aliphatic heterocycles. The number of nitrogens with zero attached hydrogens (tertiary/aromatic N) is 3. The number of nitriles is 1. The zero-order valence-corrected chi connectivity index (χ0v) is 20.3. The van der Waals surface area contributed by atoms with E-state index in [2.05, 4.69) is 43.9 Å². The van der Waals surface area contributed by atoms with E-state index in [4.69, 9.17) is 4.74 Å². The molecule has 0 fully saturated rings. The van der Waals surface area contributed by atoms with Crippen LogP contribution >= 0.6 is 45.3 Å². The fourth-order valence-corrected chi connectivity index (χ4v) is 4.46. The van der Waals surface area contributed by atoms with Crippen molar-refractivity contribution < 1.29 is 9.53 Å². The third-order valence-electron chi connectivity index (χ3n) is 4.25. The Labute approximate surface area is 206 Å². The fraction of sp³-hybridized carbons (Fsp3) is 0.0435. The van der Waals surface area contributed by atoms with Gasteiger partial charge in [-0.2, -0.15) is 5.26 Å². The number of aromatic nitrogens is 2. The number of rotatable bonds is 7. The molecule has 4 rings (SSSR count). The molecule has 0 aliphatic carbocycles. The molecular weight excluding hydrogens is 555 g/mol. The Balaban J connectivity index is 1.52. The molecule has 0 spiro atoms. The number of carbonyl (C=O) groups excluding carboxylic acids is 1. The van der Waals surface area contributed by atoms with Gasteiger partial charge in [-0.3, -0.25) is 10.1 Å². The molecule has 0 aliphatic rings. The van der Waals surface area contributed by atoms with Crippen LogP contribution in [0.15, 0.2) is 65.5 Å². The van der Waals surface area contributed by atoms with Gasteiger partial charge in [-0.05, 0) is 46.9 Å². The summed E-state index contributed by atoms with van der Waals surface area (Å²) in [5.41, 5.74) is 2.94. The van der Waals surface area contributed by atoms with Crippen LogP contribution < -0.4 is 10.1 Å². The van der Waals surface area contributed by atoms with Crippen molar-refractivity contribution in [2.45, 2.75) is 0 Å². The maximum absolute atomic E-state index is 12.1. The van der Waals surface area contributed by atoms with Crippen LogP contribution in [0.5, 0.6) is 5.75 Å². The highest BCUT2D eigenvalue weighted by molar-refractivity contribution is 14.1. The van der Waals surface area contributed by atoms with Gasteiger partial charge < -0.3 is 4.74 Å². The van der Waals surface area contributed by atoms with E-state index in [1.54, 1.807) is 23.7 Å². The lowest BCUT2D eigenvalue weighted by atomic mass is 10.1. The number of ether oxygens (including phenoxy) is 1. The number of allylic oxidation sites excluding steroid dienone is 1.